The number of benzene rings is 1. The number of nitrogen functional groups attached to an aromatic ring is 1. The minimum Gasteiger partial charge on any atom is -0.378 e. The first-order chi connectivity index (χ1) is 12.4. The molecule has 12 heteroatoms. The molecule has 0 unspecified atom stereocenters. The molecule has 134 valence electrons. The van der Waals surface area contributed by atoms with Gasteiger partial charge >= 0.3 is 0 Å². The van der Waals surface area contributed by atoms with Gasteiger partial charge < -0.3 is 5.73 Å². The van der Waals surface area contributed by atoms with Crippen molar-refractivity contribution >= 4 is 17.4 Å². The molecule has 26 heavy (non-hydrogen) atoms. The van der Waals surface area contributed by atoms with Gasteiger partial charge in [0.25, 0.3) is 5.91 Å². The number of amides is 1. The van der Waals surface area contributed by atoms with Crippen LogP contribution in [0.25, 0.3) is 5.82 Å². The molecule has 2 aromatic heterocycles. The number of carbonyl (C=O) groups excluding carboxylic acids is 1. The SMILES string of the molecule is C/C(=N/NC(=O)c1nnn(-c2nonc2N)c1C)c1ccc(F)c(F)c1. The Morgan fingerprint density at radius 3 is 2.73 bits per heavy atom. The zero-order chi connectivity index (χ0) is 18.8. The van der Waals surface area contributed by atoms with Gasteiger partial charge in [-0.25, -0.2) is 18.8 Å². The maximum Gasteiger partial charge on any atom is 0.293 e. The van der Waals surface area contributed by atoms with Crippen LogP contribution in [-0.4, -0.2) is 36.9 Å². The van der Waals surface area contributed by atoms with E-state index in [9.17, 15) is 13.6 Å². The summed E-state index contributed by atoms with van der Waals surface area (Å²) in [5.41, 5.74) is 8.72. The average Bonchev–Trinajstić information content (AvgIpc) is 3.20. The van der Waals surface area contributed by atoms with Crippen molar-refractivity contribution in [2.24, 2.45) is 5.10 Å². The van der Waals surface area contributed by atoms with Gasteiger partial charge in [-0.3, -0.25) is 4.79 Å². The second kappa shape index (κ2) is 6.66. The number of carbonyl (C=O) groups is 1. The van der Waals surface area contributed by atoms with E-state index in [1.807, 2.05) is 0 Å². The molecule has 0 spiro atoms. The minimum atomic E-state index is -1.01. The van der Waals surface area contributed by atoms with Crippen molar-refractivity contribution in [1.82, 2.24) is 30.7 Å². The van der Waals surface area contributed by atoms with Crippen LogP contribution in [0.5, 0.6) is 0 Å². The number of anilines is 1. The van der Waals surface area contributed by atoms with E-state index in [2.05, 4.69) is 35.8 Å². The summed E-state index contributed by atoms with van der Waals surface area (Å²) in [5, 5.41) is 18.4. The number of aromatic nitrogens is 5. The molecule has 0 saturated carbocycles. The van der Waals surface area contributed by atoms with Crippen molar-refractivity contribution < 1.29 is 18.2 Å². The summed E-state index contributed by atoms with van der Waals surface area (Å²) in [4.78, 5) is 12.2. The van der Waals surface area contributed by atoms with Crippen LogP contribution in [-0.2, 0) is 0 Å². The molecule has 10 nitrogen and oxygen atoms in total. The van der Waals surface area contributed by atoms with Crippen LogP contribution in [0, 0.1) is 18.6 Å². The third-order valence-electron chi connectivity index (χ3n) is 3.47. The Bertz CT molecular complexity index is 1010. The molecule has 1 amide bonds. The van der Waals surface area contributed by atoms with Crippen LogP contribution in [0.1, 0.15) is 28.7 Å². The van der Waals surface area contributed by atoms with Gasteiger partial charge in [0, 0.05) is 5.56 Å². The van der Waals surface area contributed by atoms with Crippen molar-refractivity contribution in [2.75, 3.05) is 5.73 Å². The van der Waals surface area contributed by atoms with E-state index in [0.717, 1.165) is 12.1 Å². The zero-order valence-corrected chi connectivity index (χ0v) is 13.6. The first-order valence-corrected chi connectivity index (χ1v) is 7.19. The quantitative estimate of drug-likeness (QED) is 0.521. The lowest BCUT2D eigenvalue weighted by molar-refractivity contribution is 0.0949. The van der Waals surface area contributed by atoms with Crippen LogP contribution in [0.15, 0.2) is 27.9 Å². The number of nitrogens with two attached hydrogens (primary N) is 1. The Balaban J connectivity index is 1.79. The molecule has 0 aliphatic heterocycles. The second-order valence-electron chi connectivity index (χ2n) is 5.18. The molecule has 2 heterocycles. The molecule has 3 rings (SSSR count). The van der Waals surface area contributed by atoms with E-state index in [1.54, 1.807) is 6.92 Å². The number of hydrogen-bond acceptors (Lipinski definition) is 8. The fraction of sp³-hybridized carbons (Fsp3) is 0.143. The molecular weight excluding hydrogens is 350 g/mol. The Morgan fingerprint density at radius 2 is 2.08 bits per heavy atom. The monoisotopic (exact) mass is 362 g/mol. The lowest BCUT2D eigenvalue weighted by Gasteiger charge is -2.03. The molecular formula is C14H12F2N8O2. The van der Waals surface area contributed by atoms with Gasteiger partial charge in [0.15, 0.2) is 17.3 Å². The number of hydrazone groups is 1. The van der Waals surface area contributed by atoms with Crippen molar-refractivity contribution in [1.29, 1.82) is 0 Å². The van der Waals surface area contributed by atoms with E-state index in [4.69, 9.17) is 5.73 Å². The standard InChI is InChI=1S/C14H12F2N8O2/c1-6(8-3-4-9(15)10(16)5-8)18-20-14(25)11-7(2)24(23-19-11)13-12(17)21-26-22-13/h3-5H,1-2H3,(H2,17,21)(H,20,25)/b18-6-. The molecule has 0 atom stereocenters. The number of nitrogens with one attached hydrogen (secondary N) is 1. The summed E-state index contributed by atoms with van der Waals surface area (Å²) in [5.74, 6) is -2.57. The van der Waals surface area contributed by atoms with Crippen molar-refractivity contribution in [3.8, 4) is 5.82 Å². The van der Waals surface area contributed by atoms with E-state index in [0.29, 0.717) is 11.3 Å². The molecule has 0 aliphatic carbocycles. The van der Waals surface area contributed by atoms with Crippen LogP contribution in [0.3, 0.4) is 0 Å². The summed E-state index contributed by atoms with van der Waals surface area (Å²) < 4.78 is 31.9. The molecule has 0 fully saturated rings. The Labute approximate surface area is 144 Å². The van der Waals surface area contributed by atoms with Gasteiger partial charge in [-0.05, 0) is 42.4 Å². The summed E-state index contributed by atoms with van der Waals surface area (Å²) in [6.45, 7) is 3.09. The fourth-order valence-corrected chi connectivity index (χ4v) is 2.05. The highest BCUT2D eigenvalue weighted by molar-refractivity contribution is 6.00. The maximum atomic E-state index is 13.3. The zero-order valence-electron chi connectivity index (χ0n) is 13.6. The first-order valence-electron chi connectivity index (χ1n) is 7.19. The maximum absolute atomic E-state index is 13.3. The predicted molar refractivity (Wildman–Crippen MR) is 84.4 cm³/mol. The van der Waals surface area contributed by atoms with Crippen LogP contribution in [0.2, 0.25) is 0 Å². The second-order valence-corrected chi connectivity index (χ2v) is 5.18. The Kier molecular flexibility index (Phi) is 4.39. The number of rotatable bonds is 4. The summed E-state index contributed by atoms with van der Waals surface area (Å²) in [7, 11) is 0. The van der Waals surface area contributed by atoms with E-state index in [-0.39, 0.29) is 23.0 Å². The molecule has 1 aromatic carbocycles. The van der Waals surface area contributed by atoms with Gasteiger partial charge in [0.2, 0.25) is 11.6 Å². The lowest BCUT2D eigenvalue weighted by Crippen LogP contribution is -2.21. The highest BCUT2D eigenvalue weighted by Gasteiger charge is 2.20. The van der Waals surface area contributed by atoms with E-state index < -0.39 is 17.5 Å². The molecule has 0 aliphatic rings. The van der Waals surface area contributed by atoms with Gasteiger partial charge in [0.05, 0.1) is 11.4 Å². The predicted octanol–water partition coefficient (Wildman–Crippen LogP) is 0.973. The Hall–Kier alpha value is -3.70. The normalized spacial score (nSPS) is 11.6. The van der Waals surface area contributed by atoms with Crippen LogP contribution in [0.4, 0.5) is 14.6 Å². The van der Waals surface area contributed by atoms with Crippen molar-refractivity contribution in [3.63, 3.8) is 0 Å². The molecule has 0 saturated heterocycles. The van der Waals surface area contributed by atoms with Gasteiger partial charge in [-0.15, -0.1) is 5.10 Å². The number of nitrogens with zero attached hydrogens (tertiary/aromatic N) is 6. The van der Waals surface area contributed by atoms with Gasteiger partial charge in [-0.1, -0.05) is 5.21 Å². The van der Waals surface area contributed by atoms with Crippen molar-refractivity contribution in [2.45, 2.75) is 13.8 Å². The average molecular weight is 362 g/mol. The molecule has 0 radical (unpaired) electrons. The Morgan fingerprint density at radius 1 is 1.31 bits per heavy atom. The van der Waals surface area contributed by atoms with Crippen LogP contribution >= 0.6 is 0 Å². The number of hydrogen-bond donors (Lipinski definition) is 2. The van der Waals surface area contributed by atoms with Gasteiger partial charge in [-0.2, -0.15) is 9.78 Å². The molecule has 3 aromatic rings. The highest BCUT2D eigenvalue weighted by Crippen LogP contribution is 2.14. The largest absolute Gasteiger partial charge is 0.378 e. The van der Waals surface area contributed by atoms with E-state index in [1.165, 1.54) is 17.7 Å². The van der Waals surface area contributed by atoms with Gasteiger partial charge in [0.1, 0.15) is 0 Å². The topological polar surface area (TPSA) is 137 Å². The smallest absolute Gasteiger partial charge is 0.293 e. The first kappa shape index (κ1) is 17.1. The highest BCUT2D eigenvalue weighted by atomic mass is 19.2. The fourth-order valence-electron chi connectivity index (χ4n) is 2.05. The third-order valence-corrected chi connectivity index (χ3v) is 3.47. The summed E-state index contributed by atoms with van der Waals surface area (Å²) >= 11 is 0. The van der Waals surface area contributed by atoms with Crippen molar-refractivity contribution in [3.05, 3.63) is 46.8 Å². The third kappa shape index (κ3) is 3.11. The minimum absolute atomic E-state index is 0.0165. The molecule has 3 N–H and O–H groups in total. The summed E-state index contributed by atoms with van der Waals surface area (Å²) in [6, 6.07) is 3.28. The van der Waals surface area contributed by atoms with Crippen LogP contribution < -0.4 is 11.2 Å². The lowest BCUT2D eigenvalue weighted by atomic mass is 10.1. The van der Waals surface area contributed by atoms with E-state index >= 15 is 0 Å². The number of halogens is 2. The molecule has 0 bridgehead atoms. The summed E-state index contributed by atoms with van der Waals surface area (Å²) in [6.07, 6.45) is 0.